The summed E-state index contributed by atoms with van der Waals surface area (Å²) in [6.45, 7) is 5.94. The summed E-state index contributed by atoms with van der Waals surface area (Å²) in [4.78, 5) is 10.8. The molecule has 0 aromatic rings. The fraction of sp³-hybridized carbons (Fsp3) is 0.909. The average molecular weight is 232 g/mol. The van der Waals surface area contributed by atoms with Gasteiger partial charge >= 0.3 is 5.97 Å². The predicted molar refractivity (Wildman–Crippen MR) is 61.3 cm³/mol. The Labute approximate surface area is 93.7 Å². The lowest BCUT2D eigenvalue weighted by atomic mass is 9.89. The van der Waals surface area contributed by atoms with E-state index in [1.807, 2.05) is 20.8 Å². The third kappa shape index (κ3) is 3.30. The van der Waals surface area contributed by atoms with Crippen LogP contribution in [-0.4, -0.2) is 25.3 Å². The summed E-state index contributed by atoms with van der Waals surface area (Å²) in [5.74, 6) is -0.909. The second-order valence-electron chi connectivity index (χ2n) is 5.22. The molecule has 0 radical (unpaired) electrons. The van der Waals surface area contributed by atoms with Gasteiger partial charge in [0, 0.05) is 20.8 Å². The molecule has 1 N–H and O–H groups in total. The van der Waals surface area contributed by atoms with Gasteiger partial charge in [0.15, 0.2) is 0 Å². The minimum Gasteiger partial charge on any atom is -0.481 e. The first-order chi connectivity index (χ1) is 6.82. The Kier molecular flexibility index (Phi) is 3.93. The number of hydrogen-bond acceptors (Lipinski definition) is 2. The molecule has 4 heteroatoms. The third-order valence-corrected chi connectivity index (χ3v) is 5.21. The van der Waals surface area contributed by atoms with E-state index in [4.69, 9.17) is 5.11 Å². The average Bonchev–Trinajstić information content (AvgIpc) is 2.15. The summed E-state index contributed by atoms with van der Waals surface area (Å²) in [6, 6.07) is 0. The number of carbonyl (C=O) groups is 1. The lowest BCUT2D eigenvalue weighted by Crippen LogP contribution is -2.35. The van der Waals surface area contributed by atoms with Crippen molar-refractivity contribution < 1.29 is 14.1 Å². The number of carboxylic acid groups (broad SMARTS) is 1. The lowest BCUT2D eigenvalue weighted by molar-refractivity contribution is -0.142. The van der Waals surface area contributed by atoms with E-state index in [-0.39, 0.29) is 15.9 Å². The maximum Gasteiger partial charge on any atom is 0.306 e. The van der Waals surface area contributed by atoms with E-state index in [0.29, 0.717) is 12.8 Å². The van der Waals surface area contributed by atoms with Crippen LogP contribution in [-0.2, 0) is 15.6 Å². The van der Waals surface area contributed by atoms with Crippen LogP contribution in [0.2, 0.25) is 0 Å². The van der Waals surface area contributed by atoms with Gasteiger partial charge in [0.25, 0.3) is 0 Å². The zero-order chi connectivity index (χ0) is 11.6. The van der Waals surface area contributed by atoms with E-state index >= 15 is 0 Å². The maximum absolute atomic E-state index is 12.1. The van der Waals surface area contributed by atoms with Crippen LogP contribution < -0.4 is 0 Å². The van der Waals surface area contributed by atoms with Crippen LogP contribution in [0.25, 0.3) is 0 Å². The van der Waals surface area contributed by atoms with Gasteiger partial charge in [0.2, 0.25) is 0 Å². The topological polar surface area (TPSA) is 54.4 Å². The number of carboxylic acids is 1. The number of aliphatic carboxylic acids is 1. The molecule has 0 bridgehead atoms. The Hall–Kier alpha value is -0.380. The Bertz CT molecular complexity index is 259. The van der Waals surface area contributed by atoms with Gasteiger partial charge in [-0.25, -0.2) is 0 Å². The van der Waals surface area contributed by atoms with Gasteiger partial charge in [-0.1, -0.05) is 0 Å². The minimum absolute atomic E-state index is 0.180. The summed E-state index contributed by atoms with van der Waals surface area (Å²) < 4.78 is 11.9. The summed E-state index contributed by atoms with van der Waals surface area (Å²) >= 11 is 0. The zero-order valence-corrected chi connectivity index (χ0v) is 10.5. The van der Waals surface area contributed by atoms with Gasteiger partial charge in [-0.2, -0.15) is 0 Å². The van der Waals surface area contributed by atoms with Gasteiger partial charge in [-0.15, -0.1) is 0 Å². The first-order valence-electron chi connectivity index (χ1n) is 5.46. The molecule has 0 aliphatic heterocycles. The second kappa shape index (κ2) is 4.64. The highest BCUT2D eigenvalue weighted by Crippen LogP contribution is 2.31. The number of rotatable bonds is 2. The maximum atomic E-state index is 12.1. The highest BCUT2D eigenvalue weighted by atomic mass is 32.2. The Morgan fingerprint density at radius 1 is 1.20 bits per heavy atom. The molecule has 1 unspecified atom stereocenters. The van der Waals surface area contributed by atoms with Crippen molar-refractivity contribution in [3.05, 3.63) is 0 Å². The van der Waals surface area contributed by atoms with Gasteiger partial charge in [-0.05, 0) is 46.5 Å². The minimum atomic E-state index is -0.845. The van der Waals surface area contributed by atoms with Gasteiger partial charge in [-0.3, -0.25) is 9.00 Å². The molecule has 0 aromatic carbocycles. The fourth-order valence-corrected chi connectivity index (χ4v) is 3.72. The molecular weight excluding hydrogens is 212 g/mol. The van der Waals surface area contributed by atoms with Crippen LogP contribution in [0.3, 0.4) is 0 Å². The van der Waals surface area contributed by atoms with Crippen molar-refractivity contribution in [1.82, 2.24) is 0 Å². The van der Waals surface area contributed by atoms with Crippen molar-refractivity contribution in [3.8, 4) is 0 Å². The van der Waals surface area contributed by atoms with Gasteiger partial charge < -0.3 is 5.11 Å². The molecule has 0 spiro atoms. The molecule has 0 amide bonds. The monoisotopic (exact) mass is 232 g/mol. The van der Waals surface area contributed by atoms with E-state index in [1.54, 1.807) is 0 Å². The number of hydrogen-bond donors (Lipinski definition) is 1. The fourth-order valence-electron chi connectivity index (χ4n) is 2.02. The standard InChI is InChI=1S/C11H20O3S/c1-11(2,3)15(14)9-6-4-8(5-7-9)10(12)13/h8-9H,4-7H2,1-3H3,(H,12,13). The Morgan fingerprint density at radius 2 is 1.67 bits per heavy atom. The normalized spacial score (nSPS) is 29.8. The second-order valence-corrected chi connectivity index (χ2v) is 7.71. The highest BCUT2D eigenvalue weighted by Gasteiger charge is 2.33. The van der Waals surface area contributed by atoms with Crippen molar-refractivity contribution in [2.24, 2.45) is 5.92 Å². The van der Waals surface area contributed by atoms with Crippen molar-refractivity contribution in [2.45, 2.75) is 56.5 Å². The van der Waals surface area contributed by atoms with Crippen molar-refractivity contribution in [1.29, 1.82) is 0 Å². The first kappa shape index (κ1) is 12.7. The van der Waals surface area contributed by atoms with E-state index in [2.05, 4.69) is 0 Å². The first-order valence-corrected chi connectivity index (χ1v) is 6.67. The van der Waals surface area contributed by atoms with Crippen LogP contribution in [0, 0.1) is 5.92 Å². The summed E-state index contributed by atoms with van der Waals surface area (Å²) in [7, 11) is -0.845. The van der Waals surface area contributed by atoms with Crippen LogP contribution in [0.15, 0.2) is 0 Å². The molecule has 1 rings (SSSR count). The summed E-state index contributed by atoms with van der Waals surface area (Å²) in [5, 5.41) is 9.04. The van der Waals surface area contributed by atoms with E-state index in [1.165, 1.54) is 0 Å². The molecular formula is C11H20O3S. The smallest absolute Gasteiger partial charge is 0.306 e. The van der Waals surface area contributed by atoms with Crippen LogP contribution in [0.5, 0.6) is 0 Å². The Balaban J connectivity index is 2.51. The third-order valence-electron chi connectivity index (χ3n) is 2.93. The van der Waals surface area contributed by atoms with Crippen LogP contribution in [0.4, 0.5) is 0 Å². The summed E-state index contributed by atoms with van der Waals surface area (Å²) in [5.41, 5.74) is 0. The quantitative estimate of drug-likeness (QED) is 0.794. The van der Waals surface area contributed by atoms with Gasteiger partial charge in [0.05, 0.1) is 5.92 Å². The molecule has 1 fully saturated rings. The van der Waals surface area contributed by atoms with Gasteiger partial charge in [0.1, 0.15) is 0 Å². The predicted octanol–water partition coefficient (Wildman–Crippen LogP) is 2.18. The SMILES string of the molecule is CC(C)(C)S(=O)C1CCC(C(=O)O)CC1. The van der Waals surface area contributed by atoms with Crippen LogP contribution in [0.1, 0.15) is 46.5 Å². The van der Waals surface area contributed by atoms with Crippen molar-refractivity contribution >= 4 is 16.8 Å². The zero-order valence-electron chi connectivity index (χ0n) is 9.66. The molecule has 0 aromatic heterocycles. The molecule has 1 aliphatic rings. The highest BCUT2D eigenvalue weighted by molar-refractivity contribution is 7.87. The van der Waals surface area contributed by atoms with E-state index in [0.717, 1.165) is 12.8 Å². The van der Waals surface area contributed by atoms with Crippen molar-refractivity contribution in [2.75, 3.05) is 0 Å². The molecule has 3 nitrogen and oxygen atoms in total. The van der Waals surface area contributed by atoms with Crippen molar-refractivity contribution in [3.63, 3.8) is 0 Å². The summed E-state index contributed by atoms with van der Waals surface area (Å²) in [6.07, 6.45) is 2.95. The van der Waals surface area contributed by atoms with E-state index in [9.17, 15) is 9.00 Å². The lowest BCUT2D eigenvalue weighted by Gasteiger charge is -2.30. The molecule has 1 saturated carbocycles. The molecule has 1 atom stereocenters. The molecule has 88 valence electrons. The molecule has 1 aliphatic carbocycles. The molecule has 0 heterocycles. The molecule has 0 saturated heterocycles. The molecule has 15 heavy (non-hydrogen) atoms. The Morgan fingerprint density at radius 3 is 2.00 bits per heavy atom. The van der Waals surface area contributed by atoms with Crippen LogP contribution >= 0.6 is 0 Å². The van der Waals surface area contributed by atoms with E-state index < -0.39 is 16.8 Å². The largest absolute Gasteiger partial charge is 0.481 e.